The molecule has 1 N–H and O–H groups in total. The first-order chi connectivity index (χ1) is 8.11. The van der Waals surface area contributed by atoms with Gasteiger partial charge >= 0.3 is 0 Å². The molecule has 0 aliphatic rings. The van der Waals surface area contributed by atoms with E-state index in [0.717, 1.165) is 18.6 Å². The average Bonchev–Trinajstić information content (AvgIpc) is 2.23. The zero-order valence-corrected chi connectivity index (χ0v) is 9.15. The molecule has 0 heterocycles. The van der Waals surface area contributed by atoms with Gasteiger partial charge in [0.05, 0.1) is 19.1 Å². The molecule has 0 aliphatic heterocycles. The van der Waals surface area contributed by atoms with E-state index in [2.05, 4.69) is 15.3 Å². The molecule has 1 aromatic carbocycles. The molecule has 0 spiro atoms. The van der Waals surface area contributed by atoms with Crippen LogP contribution >= 0.6 is 0 Å². The van der Waals surface area contributed by atoms with E-state index in [1.807, 2.05) is 0 Å². The summed E-state index contributed by atoms with van der Waals surface area (Å²) >= 11 is 0. The van der Waals surface area contributed by atoms with Gasteiger partial charge in [-0.1, -0.05) is 0 Å². The van der Waals surface area contributed by atoms with Gasteiger partial charge < -0.3 is 5.32 Å². The van der Waals surface area contributed by atoms with Crippen molar-refractivity contribution in [3.8, 4) is 0 Å². The predicted molar refractivity (Wildman–Crippen MR) is 61.1 cm³/mol. The summed E-state index contributed by atoms with van der Waals surface area (Å²) in [5.74, 6) is -1.73. The van der Waals surface area contributed by atoms with Crippen LogP contribution in [0.2, 0.25) is 0 Å². The third-order valence-corrected chi connectivity index (χ3v) is 1.74. The van der Waals surface area contributed by atoms with Gasteiger partial charge in [0.1, 0.15) is 11.6 Å². The van der Waals surface area contributed by atoms with E-state index in [1.165, 1.54) is 19.2 Å². The van der Waals surface area contributed by atoms with Crippen LogP contribution in [0.3, 0.4) is 0 Å². The molecule has 0 atom stereocenters. The molecule has 1 rings (SSSR count). The molecule has 0 radical (unpaired) electrons. The van der Waals surface area contributed by atoms with Gasteiger partial charge in [0, 0.05) is 13.1 Å². The third-order valence-electron chi connectivity index (χ3n) is 1.74. The van der Waals surface area contributed by atoms with Crippen LogP contribution in [-0.2, 0) is 11.3 Å². The van der Waals surface area contributed by atoms with Crippen molar-refractivity contribution in [2.75, 3.05) is 7.05 Å². The number of hydrogen-bond acceptors (Lipinski definition) is 3. The van der Waals surface area contributed by atoms with E-state index in [9.17, 15) is 13.6 Å². The summed E-state index contributed by atoms with van der Waals surface area (Å²) in [5.41, 5.74) is 0.386. The smallest absolute Gasteiger partial charge is 0.267 e. The Morgan fingerprint density at radius 1 is 1.35 bits per heavy atom. The van der Waals surface area contributed by atoms with Gasteiger partial charge in [0.15, 0.2) is 0 Å². The quantitative estimate of drug-likeness (QED) is 0.625. The summed E-state index contributed by atoms with van der Waals surface area (Å²) in [6.07, 6.45) is 2.25. The lowest BCUT2D eigenvalue weighted by molar-refractivity contribution is -0.113. The van der Waals surface area contributed by atoms with Crippen molar-refractivity contribution in [1.82, 2.24) is 5.32 Å². The van der Waals surface area contributed by atoms with Gasteiger partial charge in [-0.25, -0.2) is 8.78 Å². The first-order valence-electron chi connectivity index (χ1n) is 4.77. The van der Waals surface area contributed by atoms with E-state index in [-0.39, 0.29) is 6.54 Å². The summed E-state index contributed by atoms with van der Waals surface area (Å²) in [6.45, 7) is 0.0816. The summed E-state index contributed by atoms with van der Waals surface area (Å²) in [5, 5.41) is 2.32. The Morgan fingerprint density at radius 2 is 2.00 bits per heavy atom. The molecular formula is C11H11F2N3O. The number of aliphatic imine (C=N–C) groups is 2. The topological polar surface area (TPSA) is 53.8 Å². The number of hydrogen-bond donors (Lipinski definition) is 1. The van der Waals surface area contributed by atoms with E-state index < -0.39 is 17.5 Å². The van der Waals surface area contributed by atoms with Gasteiger partial charge in [-0.3, -0.25) is 14.8 Å². The maximum Gasteiger partial charge on any atom is 0.267 e. The molecule has 0 aliphatic carbocycles. The van der Waals surface area contributed by atoms with E-state index in [4.69, 9.17) is 0 Å². The van der Waals surface area contributed by atoms with Crippen LogP contribution in [0, 0.1) is 11.6 Å². The average molecular weight is 239 g/mol. The highest BCUT2D eigenvalue weighted by atomic mass is 19.1. The van der Waals surface area contributed by atoms with Gasteiger partial charge in [-0.2, -0.15) is 0 Å². The van der Waals surface area contributed by atoms with Gasteiger partial charge in [-0.05, 0) is 17.7 Å². The lowest BCUT2D eigenvalue weighted by atomic mass is 10.2. The molecule has 0 aromatic heterocycles. The van der Waals surface area contributed by atoms with Gasteiger partial charge in [0.25, 0.3) is 5.91 Å². The van der Waals surface area contributed by atoms with Crippen molar-refractivity contribution in [2.24, 2.45) is 9.98 Å². The van der Waals surface area contributed by atoms with Crippen molar-refractivity contribution < 1.29 is 13.6 Å². The Labute approximate surface area is 97.1 Å². The van der Waals surface area contributed by atoms with Crippen molar-refractivity contribution in [1.29, 1.82) is 0 Å². The lowest BCUT2D eigenvalue weighted by Gasteiger charge is -1.97. The minimum absolute atomic E-state index is 0.0816. The monoisotopic (exact) mass is 239 g/mol. The maximum absolute atomic E-state index is 12.8. The van der Waals surface area contributed by atoms with E-state index in [1.54, 1.807) is 0 Å². The van der Waals surface area contributed by atoms with Crippen LogP contribution < -0.4 is 5.32 Å². The normalized spacial score (nSPS) is 11.2. The molecule has 1 amide bonds. The number of halogens is 2. The number of rotatable bonds is 4. The van der Waals surface area contributed by atoms with Crippen LogP contribution in [0.5, 0.6) is 0 Å². The minimum atomic E-state index is -0.655. The molecule has 6 heteroatoms. The Bertz CT molecular complexity index is 438. The highest BCUT2D eigenvalue weighted by Gasteiger charge is 1.99. The Morgan fingerprint density at radius 3 is 2.59 bits per heavy atom. The number of amides is 1. The molecule has 0 fully saturated rings. The van der Waals surface area contributed by atoms with Crippen molar-refractivity contribution in [3.05, 3.63) is 35.4 Å². The standard InChI is InChI=1S/C11H11F2N3O/c1-14-6-11(17)16-7-15-5-8-2-9(12)4-10(13)3-8/h2-4,6-7H,5H2,1H3,(H,15,16,17). The summed E-state index contributed by atoms with van der Waals surface area (Å²) in [4.78, 5) is 18.2. The number of carbonyl (C=O) groups is 1. The molecule has 0 bridgehead atoms. The highest BCUT2D eigenvalue weighted by Crippen LogP contribution is 2.08. The van der Waals surface area contributed by atoms with Gasteiger partial charge in [-0.15, -0.1) is 0 Å². The minimum Gasteiger partial charge on any atom is -0.312 e. The Kier molecular flexibility index (Phi) is 4.93. The zero-order valence-electron chi connectivity index (χ0n) is 9.15. The van der Waals surface area contributed by atoms with Gasteiger partial charge in [0.2, 0.25) is 0 Å². The van der Waals surface area contributed by atoms with Crippen LogP contribution in [0.4, 0.5) is 8.78 Å². The first-order valence-corrected chi connectivity index (χ1v) is 4.77. The van der Waals surface area contributed by atoms with Crippen LogP contribution in [0.1, 0.15) is 5.56 Å². The highest BCUT2D eigenvalue weighted by molar-refractivity contribution is 6.28. The molecule has 17 heavy (non-hydrogen) atoms. The van der Waals surface area contributed by atoms with Crippen molar-refractivity contribution >= 4 is 18.5 Å². The van der Waals surface area contributed by atoms with E-state index >= 15 is 0 Å². The van der Waals surface area contributed by atoms with E-state index in [0.29, 0.717) is 5.56 Å². The molecule has 90 valence electrons. The number of carbonyl (C=O) groups excluding carboxylic acids is 1. The fourth-order valence-corrected chi connectivity index (χ4v) is 1.12. The van der Waals surface area contributed by atoms with Crippen molar-refractivity contribution in [2.45, 2.75) is 6.54 Å². The number of nitrogens with zero attached hydrogens (tertiary/aromatic N) is 2. The molecule has 0 saturated heterocycles. The first kappa shape index (κ1) is 13.0. The second kappa shape index (κ2) is 6.47. The third kappa shape index (κ3) is 4.96. The SMILES string of the molecule is CN=CC(=O)NC=NCc1cc(F)cc(F)c1. The maximum atomic E-state index is 12.8. The van der Waals surface area contributed by atoms with Crippen molar-refractivity contribution in [3.63, 3.8) is 0 Å². The second-order valence-corrected chi connectivity index (χ2v) is 3.14. The predicted octanol–water partition coefficient (Wildman–Crippen LogP) is 1.31. The molecule has 4 nitrogen and oxygen atoms in total. The fraction of sp³-hybridized carbons (Fsp3) is 0.182. The second-order valence-electron chi connectivity index (χ2n) is 3.14. The number of nitrogens with one attached hydrogen (secondary N) is 1. The Balaban J connectivity index is 2.50. The molecule has 0 saturated carbocycles. The Hall–Kier alpha value is -2.11. The molecule has 0 unspecified atom stereocenters. The van der Waals surface area contributed by atoms with Crippen LogP contribution in [0.15, 0.2) is 28.2 Å². The zero-order chi connectivity index (χ0) is 12.7. The lowest BCUT2D eigenvalue weighted by Crippen LogP contribution is -2.22. The summed E-state index contributed by atoms with van der Waals surface area (Å²) in [6, 6.07) is 3.14. The number of benzene rings is 1. The fourth-order valence-electron chi connectivity index (χ4n) is 1.12. The summed E-state index contributed by atoms with van der Waals surface area (Å²) in [7, 11) is 1.46. The largest absolute Gasteiger partial charge is 0.312 e. The summed E-state index contributed by atoms with van der Waals surface area (Å²) < 4.78 is 25.6. The molecular weight excluding hydrogens is 228 g/mol. The molecule has 1 aromatic rings. The van der Waals surface area contributed by atoms with Crippen LogP contribution in [-0.4, -0.2) is 25.5 Å². The van der Waals surface area contributed by atoms with Crippen LogP contribution in [0.25, 0.3) is 0 Å².